The highest BCUT2D eigenvalue weighted by Gasteiger charge is 2.22. The standard InChI is InChI=1S/C16H11NO/c1-2-3-8-13-12-9-4-6-11-7-5-10-14(15(11)12)16(13)17-18/h2-10H,1H2/b8-3-. The smallest absolute Gasteiger partial charge is 0.123 e. The van der Waals surface area contributed by atoms with Crippen LogP contribution in [0.4, 0.5) is 0 Å². The summed E-state index contributed by atoms with van der Waals surface area (Å²) < 4.78 is 0. The molecule has 86 valence electrons. The van der Waals surface area contributed by atoms with E-state index < -0.39 is 0 Å². The molecule has 0 amide bonds. The zero-order valence-corrected chi connectivity index (χ0v) is 9.76. The number of rotatable bonds is 3. The summed E-state index contributed by atoms with van der Waals surface area (Å²) in [5, 5.41) is 5.45. The van der Waals surface area contributed by atoms with Crippen LogP contribution >= 0.6 is 0 Å². The van der Waals surface area contributed by atoms with Gasteiger partial charge in [-0.25, -0.2) is 0 Å². The van der Waals surface area contributed by atoms with Gasteiger partial charge in [0.05, 0.1) is 0 Å². The van der Waals surface area contributed by atoms with Crippen LogP contribution in [0.3, 0.4) is 0 Å². The number of nitrogens with zero attached hydrogens (tertiary/aromatic N) is 1. The van der Waals surface area contributed by atoms with Gasteiger partial charge in [0.15, 0.2) is 0 Å². The minimum atomic E-state index is 0.514. The molecule has 2 aromatic carbocycles. The predicted molar refractivity (Wildman–Crippen MR) is 75.9 cm³/mol. The molecule has 2 aromatic rings. The van der Waals surface area contributed by atoms with E-state index in [-0.39, 0.29) is 0 Å². The second kappa shape index (κ2) is 4.08. The quantitative estimate of drug-likeness (QED) is 0.565. The SMILES string of the molecule is C=C/C=C\C1=C(N=O)c2cccc3cccc1c23. The molecule has 0 spiro atoms. The largest absolute Gasteiger partial charge is 0.145 e. The summed E-state index contributed by atoms with van der Waals surface area (Å²) in [5.74, 6) is 0. The molecule has 0 bridgehead atoms. The van der Waals surface area contributed by atoms with Crippen LogP contribution < -0.4 is 0 Å². The van der Waals surface area contributed by atoms with Gasteiger partial charge in [-0.1, -0.05) is 61.2 Å². The normalized spacial score (nSPS) is 13.6. The molecular formula is C16H11NO. The maximum absolute atomic E-state index is 11.1. The topological polar surface area (TPSA) is 29.4 Å². The summed E-state index contributed by atoms with van der Waals surface area (Å²) in [6, 6.07) is 12.0. The highest BCUT2D eigenvalue weighted by atomic mass is 16.3. The molecule has 0 saturated carbocycles. The molecule has 0 heterocycles. The highest BCUT2D eigenvalue weighted by molar-refractivity contribution is 6.15. The Morgan fingerprint density at radius 1 is 1.06 bits per heavy atom. The monoisotopic (exact) mass is 233 g/mol. The molecule has 0 saturated heterocycles. The number of allylic oxidation sites excluding steroid dienone is 4. The minimum Gasteiger partial charge on any atom is -0.145 e. The fraction of sp³-hybridized carbons (Fsp3) is 0. The Labute approximate surface area is 105 Å². The van der Waals surface area contributed by atoms with Crippen LogP contribution in [0.5, 0.6) is 0 Å². The Balaban J connectivity index is 2.39. The van der Waals surface area contributed by atoms with E-state index in [0.29, 0.717) is 5.70 Å². The lowest BCUT2D eigenvalue weighted by atomic mass is 10.0. The van der Waals surface area contributed by atoms with Crippen LogP contribution in [-0.2, 0) is 0 Å². The summed E-state index contributed by atoms with van der Waals surface area (Å²) in [4.78, 5) is 11.1. The molecule has 18 heavy (non-hydrogen) atoms. The Bertz CT molecular complexity index is 718. The van der Waals surface area contributed by atoms with Gasteiger partial charge < -0.3 is 0 Å². The van der Waals surface area contributed by atoms with Crippen molar-refractivity contribution in [1.82, 2.24) is 0 Å². The van der Waals surface area contributed by atoms with Gasteiger partial charge in [0.2, 0.25) is 0 Å². The third-order valence-corrected chi connectivity index (χ3v) is 3.20. The average Bonchev–Trinajstić information content (AvgIpc) is 2.72. The fourth-order valence-electron chi connectivity index (χ4n) is 2.47. The van der Waals surface area contributed by atoms with Crippen molar-refractivity contribution in [3.05, 3.63) is 77.2 Å². The minimum absolute atomic E-state index is 0.514. The Hall–Kier alpha value is -2.48. The van der Waals surface area contributed by atoms with Gasteiger partial charge in [-0.3, -0.25) is 0 Å². The zero-order valence-electron chi connectivity index (χ0n) is 9.76. The van der Waals surface area contributed by atoms with Gasteiger partial charge in [0, 0.05) is 11.1 Å². The van der Waals surface area contributed by atoms with Gasteiger partial charge >= 0.3 is 0 Å². The van der Waals surface area contributed by atoms with Crippen LogP contribution in [0, 0.1) is 4.91 Å². The molecule has 0 fully saturated rings. The molecular weight excluding hydrogens is 222 g/mol. The van der Waals surface area contributed by atoms with Crippen molar-refractivity contribution in [3.8, 4) is 0 Å². The van der Waals surface area contributed by atoms with Crippen molar-refractivity contribution in [2.24, 2.45) is 5.18 Å². The number of nitroso groups, excluding NO2 is 1. The summed E-state index contributed by atoms with van der Waals surface area (Å²) in [6.45, 7) is 3.65. The Morgan fingerprint density at radius 2 is 1.78 bits per heavy atom. The van der Waals surface area contributed by atoms with Crippen molar-refractivity contribution in [3.63, 3.8) is 0 Å². The Kier molecular flexibility index (Phi) is 2.41. The zero-order chi connectivity index (χ0) is 12.5. The number of hydrogen-bond acceptors (Lipinski definition) is 2. The Morgan fingerprint density at radius 3 is 2.44 bits per heavy atom. The van der Waals surface area contributed by atoms with E-state index in [1.807, 2.05) is 48.6 Å². The molecule has 0 aromatic heterocycles. The molecule has 0 aliphatic heterocycles. The molecule has 0 atom stereocenters. The van der Waals surface area contributed by atoms with E-state index in [4.69, 9.17) is 0 Å². The van der Waals surface area contributed by atoms with Crippen LogP contribution in [0.15, 0.2) is 66.4 Å². The molecule has 2 heteroatoms. The van der Waals surface area contributed by atoms with E-state index in [1.165, 1.54) is 0 Å². The first-order chi connectivity index (χ1) is 8.86. The second-order valence-corrected chi connectivity index (χ2v) is 4.16. The van der Waals surface area contributed by atoms with Crippen LogP contribution in [0.25, 0.3) is 22.0 Å². The van der Waals surface area contributed by atoms with E-state index >= 15 is 0 Å². The van der Waals surface area contributed by atoms with Crippen molar-refractivity contribution in [2.45, 2.75) is 0 Å². The summed E-state index contributed by atoms with van der Waals surface area (Å²) in [5.41, 5.74) is 3.37. The lowest BCUT2D eigenvalue weighted by Gasteiger charge is -2.01. The molecule has 0 N–H and O–H groups in total. The van der Waals surface area contributed by atoms with Gasteiger partial charge in [-0.15, -0.1) is 4.91 Å². The molecule has 0 radical (unpaired) electrons. The van der Waals surface area contributed by atoms with E-state index in [9.17, 15) is 4.91 Å². The summed E-state index contributed by atoms with van der Waals surface area (Å²) >= 11 is 0. The molecule has 2 nitrogen and oxygen atoms in total. The van der Waals surface area contributed by atoms with Gasteiger partial charge in [0.1, 0.15) is 5.70 Å². The predicted octanol–water partition coefficient (Wildman–Crippen LogP) is 4.53. The van der Waals surface area contributed by atoms with Crippen LogP contribution in [-0.4, -0.2) is 0 Å². The maximum Gasteiger partial charge on any atom is 0.123 e. The van der Waals surface area contributed by atoms with E-state index in [2.05, 4.69) is 11.8 Å². The average molecular weight is 233 g/mol. The first-order valence-electron chi connectivity index (χ1n) is 5.76. The number of benzene rings is 2. The fourth-order valence-corrected chi connectivity index (χ4v) is 2.47. The van der Waals surface area contributed by atoms with E-state index in [1.54, 1.807) is 6.08 Å². The molecule has 3 rings (SSSR count). The molecule has 1 aliphatic rings. The summed E-state index contributed by atoms with van der Waals surface area (Å²) in [7, 11) is 0. The maximum atomic E-state index is 11.1. The van der Waals surface area contributed by atoms with Crippen molar-refractivity contribution in [2.75, 3.05) is 0 Å². The van der Waals surface area contributed by atoms with Crippen LogP contribution in [0.1, 0.15) is 11.1 Å². The third kappa shape index (κ3) is 1.36. The molecule has 1 aliphatic carbocycles. The first kappa shape index (κ1) is 10.7. The van der Waals surface area contributed by atoms with Gasteiger partial charge in [0.25, 0.3) is 0 Å². The van der Waals surface area contributed by atoms with Crippen molar-refractivity contribution < 1.29 is 0 Å². The van der Waals surface area contributed by atoms with E-state index in [0.717, 1.165) is 27.5 Å². The van der Waals surface area contributed by atoms with Gasteiger partial charge in [-0.2, -0.15) is 0 Å². The third-order valence-electron chi connectivity index (χ3n) is 3.20. The highest BCUT2D eigenvalue weighted by Crippen LogP contribution is 2.42. The van der Waals surface area contributed by atoms with Crippen molar-refractivity contribution >= 4 is 22.0 Å². The lowest BCUT2D eigenvalue weighted by molar-refractivity contribution is 1.55. The van der Waals surface area contributed by atoms with Crippen LogP contribution in [0.2, 0.25) is 0 Å². The first-order valence-corrected chi connectivity index (χ1v) is 5.76. The molecule has 0 unspecified atom stereocenters. The van der Waals surface area contributed by atoms with Gasteiger partial charge in [-0.05, 0) is 21.5 Å². The summed E-state index contributed by atoms with van der Waals surface area (Å²) in [6.07, 6.45) is 5.41. The van der Waals surface area contributed by atoms with Crippen molar-refractivity contribution in [1.29, 1.82) is 0 Å². The number of hydrogen-bond donors (Lipinski definition) is 0. The second-order valence-electron chi connectivity index (χ2n) is 4.16. The lowest BCUT2D eigenvalue weighted by Crippen LogP contribution is -1.79.